The summed E-state index contributed by atoms with van der Waals surface area (Å²) < 4.78 is 5.30. The molecule has 1 aliphatic carbocycles. The summed E-state index contributed by atoms with van der Waals surface area (Å²) in [6, 6.07) is 6.38. The number of benzene rings is 1. The van der Waals surface area contributed by atoms with Gasteiger partial charge >= 0.3 is 0 Å². The molecule has 4 nitrogen and oxygen atoms in total. The average Bonchev–Trinajstić information content (AvgIpc) is 2.50. The van der Waals surface area contributed by atoms with E-state index in [4.69, 9.17) is 10.5 Å². The molecule has 0 fully saturated rings. The Morgan fingerprint density at radius 2 is 2.35 bits per heavy atom. The van der Waals surface area contributed by atoms with Gasteiger partial charge in [-0.25, -0.2) is 0 Å². The van der Waals surface area contributed by atoms with Gasteiger partial charge in [-0.3, -0.25) is 4.99 Å². The monoisotopic (exact) mass is 275 g/mol. The number of aliphatic imine (C=N–C) groups is 1. The van der Waals surface area contributed by atoms with Crippen molar-refractivity contribution in [1.82, 2.24) is 5.32 Å². The normalized spacial score (nSPS) is 18.5. The van der Waals surface area contributed by atoms with Crippen LogP contribution in [0.3, 0.4) is 0 Å². The average molecular weight is 275 g/mol. The summed E-state index contributed by atoms with van der Waals surface area (Å²) in [4.78, 5) is 4.48. The summed E-state index contributed by atoms with van der Waals surface area (Å²) in [5, 5.41) is 3.12. The SMILES string of the molecule is CCCNC(N)=NCC1CCCc2cc(OC)ccc21. The minimum absolute atomic E-state index is 0.478. The molecule has 0 aromatic heterocycles. The van der Waals surface area contributed by atoms with E-state index in [0.717, 1.165) is 31.7 Å². The van der Waals surface area contributed by atoms with Crippen LogP contribution in [0.25, 0.3) is 0 Å². The maximum atomic E-state index is 5.86. The van der Waals surface area contributed by atoms with Gasteiger partial charge in [-0.1, -0.05) is 13.0 Å². The standard InChI is InChI=1S/C16H25N3O/c1-3-9-18-16(17)19-11-13-6-4-5-12-10-14(20-2)7-8-15(12)13/h7-8,10,13H,3-6,9,11H2,1-2H3,(H3,17,18,19). The maximum Gasteiger partial charge on any atom is 0.188 e. The maximum absolute atomic E-state index is 5.86. The first-order valence-electron chi connectivity index (χ1n) is 7.45. The molecule has 0 bridgehead atoms. The lowest BCUT2D eigenvalue weighted by Crippen LogP contribution is -2.32. The second kappa shape index (κ2) is 7.17. The van der Waals surface area contributed by atoms with Crippen LogP contribution in [0.15, 0.2) is 23.2 Å². The highest BCUT2D eigenvalue weighted by atomic mass is 16.5. The van der Waals surface area contributed by atoms with Gasteiger partial charge in [0.1, 0.15) is 5.75 Å². The molecule has 0 aliphatic heterocycles. The first-order valence-corrected chi connectivity index (χ1v) is 7.45. The van der Waals surface area contributed by atoms with Crippen molar-refractivity contribution in [2.75, 3.05) is 20.2 Å². The number of nitrogens with zero attached hydrogens (tertiary/aromatic N) is 1. The highest BCUT2D eigenvalue weighted by molar-refractivity contribution is 5.77. The number of methoxy groups -OCH3 is 1. The molecule has 0 radical (unpaired) electrons. The van der Waals surface area contributed by atoms with Gasteiger partial charge in [0.2, 0.25) is 0 Å². The van der Waals surface area contributed by atoms with Crippen LogP contribution in [0.4, 0.5) is 0 Å². The van der Waals surface area contributed by atoms with Crippen molar-refractivity contribution in [3.05, 3.63) is 29.3 Å². The van der Waals surface area contributed by atoms with Crippen molar-refractivity contribution in [3.63, 3.8) is 0 Å². The molecule has 1 aliphatic rings. The van der Waals surface area contributed by atoms with E-state index >= 15 is 0 Å². The van der Waals surface area contributed by atoms with Gasteiger partial charge in [-0.15, -0.1) is 0 Å². The van der Waals surface area contributed by atoms with Crippen LogP contribution in [0.1, 0.15) is 43.2 Å². The first-order chi connectivity index (χ1) is 9.74. The predicted octanol–water partition coefficient (Wildman–Crippen LogP) is 2.43. The van der Waals surface area contributed by atoms with Gasteiger partial charge < -0.3 is 15.8 Å². The molecule has 2 rings (SSSR count). The zero-order valence-electron chi connectivity index (χ0n) is 12.5. The number of hydrogen-bond donors (Lipinski definition) is 2. The third kappa shape index (κ3) is 3.65. The molecule has 4 heteroatoms. The van der Waals surface area contributed by atoms with Crippen LogP contribution in [0.5, 0.6) is 5.75 Å². The molecular formula is C16H25N3O. The summed E-state index contributed by atoms with van der Waals surface area (Å²) >= 11 is 0. The Kier molecular flexibility index (Phi) is 5.27. The summed E-state index contributed by atoms with van der Waals surface area (Å²) in [7, 11) is 1.71. The number of fused-ring (bicyclic) bond motifs is 1. The number of aryl methyl sites for hydroxylation is 1. The summed E-state index contributed by atoms with van der Waals surface area (Å²) in [5.74, 6) is 1.98. The van der Waals surface area contributed by atoms with Gasteiger partial charge in [-0.05, 0) is 48.9 Å². The van der Waals surface area contributed by atoms with Gasteiger partial charge in [0.25, 0.3) is 0 Å². The Hall–Kier alpha value is -1.71. The summed E-state index contributed by atoms with van der Waals surface area (Å²) in [6.07, 6.45) is 4.59. The van der Waals surface area contributed by atoms with Crippen LogP contribution < -0.4 is 15.8 Å². The van der Waals surface area contributed by atoms with Crippen LogP contribution in [-0.2, 0) is 6.42 Å². The smallest absolute Gasteiger partial charge is 0.188 e. The van der Waals surface area contributed by atoms with Crippen LogP contribution in [-0.4, -0.2) is 26.2 Å². The molecule has 0 saturated carbocycles. The topological polar surface area (TPSA) is 59.6 Å². The van der Waals surface area contributed by atoms with Crippen molar-refractivity contribution < 1.29 is 4.74 Å². The first kappa shape index (κ1) is 14.7. The number of nitrogens with two attached hydrogens (primary N) is 1. The lowest BCUT2D eigenvalue weighted by atomic mass is 9.83. The minimum atomic E-state index is 0.478. The lowest BCUT2D eigenvalue weighted by Gasteiger charge is -2.24. The summed E-state index contributed by atoms with van der Waals surface area (Å²) in [5.41, 5.74) is 8.67. The Morgan fingerprint density at radius 1 is 1.50 bits per heavy atom. The molecule has 1 aromatic rings. The van der Waals surface area contributed by atoms with E-state index in [0.29, 0.717) is 11.9 Å². The number of guanidine groups is 1. The number of nitrogens with one attached hydrogen (secondary N) is 1. The van der Waals surface area contributed by atoms with Crippen molar-refractivity contribution in [2.24, 2.45) is 10.7 Å². The zero-order chi connectivity index (χ0) is 14.4. The van der Waals surface area contributed by atoms with Crippen LogP contribution >= 0.6 is 0 Å². The van der Waals surface area contributed by atoms with E-state index in [1.165, 1.54) is 24.0 Å². The lowest BCUT2D eigenvalue weighted by molar-refractivity contribution is 0.413. The molecule has 0 amide bonds. The Balaban J connectivity index is 2.05. The van der Waals surface area contributed by atoms with E-state index < -0.39 is 0 Å². The van der Waals surface area contributed by atoms with Gasteiger partial charge in [0.15, 0.2) is 5.96 Å². The number of rotatable bonds is 5. The quantitative estimate of drug-likeness (QED) is 0.641. The van der Waals surface area contributed by atoms with E-state index in [1.54, 1.807) is 7.11 Å². The highest BCUT2D eigenvalue weighted by Crippen LogP contribution is 2.33. The number of ether oxygens (including phenoxy) is 1. The van der Waals surface area contributed by atoms with Crippen molar-refractivity contribution in [2.45, 2.75) is 38.5 Å². The molecule has 20 heavy (non-hydrogen) atoms. The fourth-order valence-corrected chi connectivity index (χ4v) is 2.73. The van der Waals surface area contributed by atoms with Gasteiger partial charge in [0, 0.05) is 19.0 Å². The summed E-state index contributed by atoms with van der Waals surface area (Å²) in [6.45, 7) is 3.76. The third-order valence-electron chi connectivity index (χ3n) is 3.83. The molecule has 0 heterocycles. The Morgan fingerprint density at radius 3 is 3.10 bits per heavy atom. The van der Waals surface area contributed by atoms with E-state index in [-0.39, 0.29) is 0 Å². The fraction of sp³-hybridized carbons (Fsp3) is 0.562. The van der Waals surface area contributed by atoms with Crippen molar-refractivity contribution in [3.8, 4) is 5.75 Å². The third-order valence-corrected chi connectivity index (χ3v) is 3.83. The highest BCUT2D eigenvalue weighted by Gasteiger charge is 2.20. The number of hydrogen-bond acceptors (Lipinski definition) is 2. The Labute approximate surface area is 121 Å². The predicted molar refractivity (Wildman–Crippen MR) is 83.5 cm³/mol. The second-order valence-corrected chi connectivity index (χ2v) is 5.31. The molecule has 1 unspecified atom stereocenters. The molecular weight excluding hydrogens is 250 g/mol. The Bertz CT molecular complexity index is 471. The second-order valence-electron chi connectivity index (χ2n) is 5.31. The van der Waals surface area contributed by atoms with Crippen molar-refractivity contribution in [1.29, 1.82) is 0 Å². The van der Waals surface area contributed by atoms with Gasteiger partial charge in [-0.2, -0.15) is 0 Å². The van der Waals surface area contributed by atoms with Gasteiger partial charge in [0.05, 0.1) is 7.11 Å². The van der Waals surface area contributed by atoms with E-state index in [1.807, 2.05) is 6.07 Å². The molecule has 1 aromatic carbocycles. The van der Waals surface area contributed by atoms with E-state index in [9.17, 15) is 0 Å². The molecule has 0 saturated heterocycles. The molecule has 110 valence electrons. The molecule has 0 spiro atoms. The molecule has 1 atom stereocenters. The van der Waals surface area contributed by atoms with E-state index in [2.05, 4.69) is 29.4 Å². The largest absolute Gasteiger partial charge is 0.497 e. The van der Waals surface area contributed by atoms with Crippen molar-refractivity contribution >= 4 is 5.96 Å². The molecule has 3 N–H and O–H groups in total. The zero-order valence-corrected chi connectivity index (χ0v) is 12.5. The minimum Gasteiger partial charge on any atom is -0.497 e. The fourth-order valence-electron chi connectivity index (χ4n) is 2.73. The van der Waals surface area contributed by atoms with Crippen LogP contribution in [0.2, 0.25) is 0 Å². The van der Waals surface area contributed by atoms with Crippen LogP contribution in [0, 0.1) is 0 Å².